The Kier molecular flexibility index (Phi) is 9.02. The van der Waals surface area contributed by atoms with Crippen molar-refractivity contribution in [2.24, 2.45) is 0 Å². The number of benzene rings is 3. The van der Waals surface area contributed by atoms with Crippen LogP contribution in [0.1, 0.15) is 48.1 Å². The van der Waals surface area contributed by atoms with E-state index in [0.29, 0.717) is 48.5 Å². The van der Waals surface area contributed by atoms with Crippen LogP contribution in [0.4, 0.5) is 0 Å². The van der Waals surface area contributed by atoms with Crippen LogP contribution < -0.4 is 23.7 Å². The van der Waals surface area contributed by atoms with Crippen molar-refractivity contribution in [2.75, 3.05) is 41.6 Å². The van der Waals surface area contributed by atoms with Crippen LogP contribution in [0.5, 0.6) is 28.7 Å². The fraction of sp³-hybridized carbons (Fsp3) is 0.344. The Balaban J connectivity index is 1.62. The van der Waals surface area contributed by atoms with Gasteiger partial charge in [-0.15, -0.1) is 0 Å². The Morgan fingerprint density at radius 1 is 0.872 bits per heavy atom. The molecule has 4 rings (SSSR count). The molecule has 0 radical (unpaired) electrons. The number of amides is 1. The topological polar surface area (TPSA) is 66.5 Å². The van der Waals surface area contributed by atoms with Gasteiger partial charge in [-0.3, -0.25) is 4.79 Å². The average Bonchev–Trinajstić information content (AvgIpc) is 2.97. The molecule has 0 spiro atoms. The highest BCUT2D eigenvalue weighted by molar-refractivity contribution is 5.92. The van der Waals surface area contributed by atoms with Gasteiger partial charge in [-0.05, 0) is 77.1 Å². The largest absolute Gasteiger partial charge is 0.493 e. The molecule has 39 heavy (non-hydrogen) atoms. The third-order valence-corrected chi connectivity index (χ3v) is 7.07. The highest BCUT2D eigenvalue weighted by Crippen LogP contribution is 2.39. The summed E-state index contributed by atoms with van der Waals surface area (Å²) < 4.78 is 28.1. The van der Waals surface area contributed by atoms with Gasteiger partial charge in [0.05, 0.1) is 34.5 Å². The lowest BCUT2D eigenvalue weighted by molar-refractivity contribution is -0.129. The molecule has 0 N–H and O–H groups in total. The van der Waals surface area contributed by atoms with E-state index in [2.05, 4.69) is 26.0 Å². The van der Waals surface area contributed by atoms with E-state index in [1.807, 2.05) is 47.4 Å². The van der Waals surface area contributed by atoms with Gasteiger partial charge in [-0.2, -0.15) is 0 Å². The minimum Gasteiger partial charge on any atom is -0.493 e. The fourth-order valence-corrected chi connectivity index (χ4v) is 4.82. The van der Waals surface area contributed by atoms with Gasteiger partial charge in [0.15, 0.2) is 23.0 Å². The van der Waals surface area contributed by atoms with E-state index in [1.165, 1.54) is 5.56 Å². The Morgan fingerprint density at radius 2 is 1.51 bits per heavy atom. The number of hydrogen-bond donors (Lipinski definition) is 0. The lowest BCUT2D eigenvalue weighted by Gasteiger charge is -2.37. The van der Waals surface area contributed by atoms with E-state index >= 15 is 0 Å². The second-order valence-electron chi connectivity index (χ2n) is 9.69. The Hall–Kier alpha value is -4.13. The number of nitrogens with zero attached hydrogens (tertiary/aromatic N) is 1. The third-order valence-electron chi connectivity index (χ3n) is 7.07. The summed E-state index contributed by atoms with van der Waals surface area (Å²) in [6, 6.07) is 17.3. The Morgan fingerprint density at radius 3 is 2.15 bits per heavy atom. The van der Waals surface area contributed by atoms with Gasteiger partial charge >= 0.3 is 0 Å². The Bertz CT molecular complexity index is 1310. The second kappa shape index (κ2) is 12.6. The van der Waals surface area contributed by atoms with Gasteiger partial charge in [0.25, 0.3) is 0 Å². The molecular formula is C32H37NO6. The van der Waals surface area contributed by atoms with Crippen LogP contribution in [-0.4, -0.2) is 52.4 Å². The smallest absolute Gasteiger partial charge is 0.247 e. The molecule has 1 aliphatic rings. The summed E-state index contributed by atoms with van der Waals surface area (Å²) in [5, 5.41) is 0. The minimum absolute atomic E-state index is 0.103. The summed E-state index contributed by atoms with van der Waals surface area (Å²) in [6.07, 6.45) is 4.08. The quantitative estimate of drug-likeness (QED) is 0.296. The van der Waals surface area contributed by atoms with Crippen molar-refractivity contribution >= 4 is 12.0 Å². The highest BCUT2D eigenvalue weighted by Gasteiger charge is 2.32. The van der Waals surface area contributed by atoms with Crippen LogP contribution in [0.15, 0.2) is 60.7 Å². The number of methoxy groups -OCH3 is 4. The molecule has 0 fully saturated rings. The first-order valence-corrected chi connectivity index (χ1v) is 13.1. The zero-order valence-electron chi connectivity index (χ0n) is 23.5. The van der Waals surface area contributed by atoms with Gasteiger partial charge in [-0.25, -0.2) is 0 Å². The van der Waals surface area contributed by atoms with Crippen molar-refractivity contribution in [3.05, 3.63) is 82.9 Å². The zero-order chi connectivity index (χ0) is 27.9. The van der Waals surface area contributed by atoms with Crippen molar-refractivity contribution in [2.45, 2.75) is 32.2 Å². The molecule has 0 saturated heterocycles. The first-order valence-electron chi connectivity index (χ1n) is 13.1. The van der Waals surface area contributed by atoms with Crippen LogP contribution in [0.2, 0.25) is 0 Å². The summed E-state index contributed by atoms with van der Waals surface area (Å²) in [5.41, 5.74) is 4.19. The van der Waals surface area contributed by atoms with Crippen molar-refractivity contribution in [1.29, 1.82) is 0 Å². The fourth-order valence-electron chi connectivity index (χ4n) is 4.82. The molecule has 0 aliphatic carbocycles. The first kappa shape index (κ1) is 27.9. The summed E-state index contributed by atoms with van der Waals surface area (Å²) >= 11 is 0. The average molecular weight is 532 g/mol. The maximum Gasteiger partial charge on any atom is 0.247 e. The number of carbonyl (C=O) groups excluding carboxylic acids is 1. The normalized spacial score (nSPS) is 14.7. The third kappa shape index (κ3) is 6.30. The molecule has 1 heterocycles. The SMILES string of the molecule is COc1ccc(/C=C/C(=O)N2CCc3cc(OC)c(OC)cc3C2COc2ccc(C(C)C)cc2)cc1OC. The van der Waals surface area contributed by atoms with Crippen LogP contribution in [0, 0.1) is 0 Å². The zero-order valence-corrected chi connectivity index (χ0v) is 23.5. The molecule has 0 aromatic heterocycles. The molecule has 1 amide bonds. The number of hydrogen-bond acceptors (Lipinski definition) is 6. The maximum absolute atomic E-state index is 13.5. The molecular weight excluding hydrogens is 494 g/mol. The van der Waals surface area contributed by atoms with Gasteiger partial charge in [-0.1, -0.05) is 32.0 Å². The van der Waals surface area contributed by atoms with Crippen LogP contribution in [-0.2, 0) is 11.2 Å². The summed E-state index contributed by atoms with van der Waals surface area (Å²) in [6.45, 7) is 5.18. The Labute approximate surface area is 230 Å². The second-order valence-corrected chi connectivity index (χ2v) is 9.69. The summed E-state index contributed by atoms with van der Waals surface area (Å²) in [7, 11) is 6.43. The van der Waals surface area contributed by atoms with Crippen LogP contribution in [0.3, 0.4) is 0 Å². The van der Waals surface area contributed by atoms with Crippen LogP contribution >= 0.6 is 0 Å². The molecule has 0 saturated carbocycles. The van der Waals surface area contributed by atoms with Gasteiger partial charge < -0.3 is 28.6 Å². The van der Waals surface area contributed by atoms with Gasteiger partial charge in [0.1, 0.15) is 12.4 Å². The molecule has 1 atom stereocenters. The van der Waals surface area contributed by atoms with E-state index in [-0.39, 0.29) is 11.9 Å². The van der Waals surface area contributed by atoms with Gasteiger partial charge in [0.2, 0.25) is 5.91 Å². The summed E-state index contributed by atoms with van der Waals surface area (Å²) in [4.78, 5) is 15.4. The van der Waals surface area contributed by atoms with E-state index in [1.54, 1.807) is 40.6 Å². The molecule has 7 nitrogen and oxygen atoms in total. The standard InChI is InChI=1S/C32H37NO6/c1-21(2)23-9-11-25(12-10-23)39-20-27-26-19-31(38-6)30(37-5)18-24(26)15-16-33(27)32(34)14-8-22-7-13-28(35-3)29(17-22)36-4/h7-14,17-19,21,27H,15-16,20H2,1-6H3/b14-8+. The van der Waals surface area contributed by atoms with E-state index in [9.17, 15) is 4.79 Å². The van der Waals surface area contributed by atoms with Crippen molar-refractivity contribution in [3.8, 4) is 28.7 Å². The maximum atomic E-state index is 13.5. The molecule has 3 aromatic carbocycles. The first-order chi connectivity index (χ1) is 18.9. The molecule has 7 heteroatoms. The monoisotopic (exact) mass is 531 g/mol. The molecule has 1 unspecified atom stereocenters. The highest BCUT2D eigenvalue weighted by atomic mass is 16.5. The summed E-state index contributed by atoms with van der Waals surface area (Å²) in [5.74, 6) is 3.64. The van der Waals surface area contributed by atoms with Gasteiger partial charge in [0, 0.05) is 12.6 Å². The number of fused-ring (bicyclic) bond motifs is 1. The number of carbonyl (C=O) groups is 1. The molecule has 0 bridgehead atoms. The predicted molar refractivity (Wildman–Crippen MR) is 152 cm³/mol. The van der Waals surface area contributed by atoms with Crippen molar-refractivity contribution < 1.29 is 28.5 Å². The lowest BCUT2D eigenvalue weighted by atomic mass is 9.92. The molecule has 1 aliphatic heterocycles. The van der Waals surface area contributed by atoms with E-state index in [4.69, 9.17) is 23.7 Å². The number of rotatable bonds is 10. The van der Waals surface area contributed by atoms with Crippen molar-refractivity contribution in [1.82, 2.24) is 4.90 Å². The molecule has 3 aromatic rings. The lowest BCUT2D eigenvalue weighted by Crippen LogP contribution is -2.41. The molecule has 206 valence electrons. The minimum atomic E-state index is -0.305. The van der Waals surface area contributed by atoms with E-state index in [0.717, 1.165) is 22.4 Å². The van der Waals surface area contributed by atoms with Crippen LogP contribution in [0.25, 0.3) is 6.08 Å². The predicted octanol–water partition coefficient (Wildman–Crippen LogP) is 6.06. The number of ether oxygens (including phenoxy) is 5. The van der Waals surface area contributed by atoms with E-state index < -0.39 is 0 Å². The van der Waals surface area contributed by atoms with Crippen molar-refractivity contribution in [3.63, 3.8) is 0 Å².